The summed E-state index contributed by atoms with van der Waals surface area (Å²) in [6, 6.07) is -1.46. The molecule has 0 fully saturated rings. The second-order valence-corrected chi connectivity index (χ2v) is 4.67. The number of nitrogens with two attached hydrogens (primary N) is 1. The summed E-state index contributed by atoms with van der Waals surface area (Å²) in [6.07, 6.45) is -13.8. The molecule has 124 valence electrons. The number of carbonyl (C=O) groups excluding carboxylic acids is 2. The minimum Gasteiger partial charge on any atom is -0.390 e. The van der Waals surface area contributed by atoms with Crippen molar-refractivity contribution in [3.05, 3.63) is 0 Å². The Morgan fingerprint density at radius 1 is 0.714 bits per heavy atom. The van der Waals surface area contributed by atoms with Crippen LogP contribution in [0.4, 0.5) is 0 Å². The van der Waals surface area contributed by atoms with E-state index in [1.54, 1.807) is 0 Å². The van der Waals surface area contributed by atoms with E-state index in [2.05, 4.69) is 0 Å². The molecule has 0 aromatic rings. The molecule has 10 heteroatoms. The van der Waals surface area contributed by atoms with Gasteiger partial charge in [-0.1, -0.05) is 0 Å². The molecule has 0 unspecified atom stereocenters. The van der Waals surface area contributed by atoms with Crippen LogP contribution in [0.1, 0.15) is 6.42 Å². The average Bonchev–Trinajstić information content (AvgIpc) is 2.49. The second kappa shape index (κ2) is 9.12. The van der Waals surface area contributed by atoms with Crippen molar-refractivity contribution in [2.24, 2.45) is 5.73 Å². The van der Waals surface area contributed by atoms with E-state index in [0.717, 1.165) is 0 Å². The maximum Gasteiger partial charge on any atom is 0.151 e. The molecule has 10 nitrogen and oxygen atoms in total. The number of carbonyl (C=O) groups is 2. The molecular formula is C11H21NO9. The molecule has 0 amide bonds. The van der Waals surface area contributed by atoms with E-state index in [1.807, 2.05) is 0 Å². The molecule has 0 saturated heterocycles. The van der Waals surface area contributed by atoms with Gasteiger partial charge >= 0.3 is 0 Å². The molecule has 0 aromatic heterocycles. The SMILES string of the molecule is N[C@@H](C=O)[C@@H](O)[C@H](O)[C@@H](O)C[C@H](O)[C@H](O)[C@H](O)[C@H](O)C=O. The van der Waals surface area contributed by atoms with Crippen LogP contribution in [0.2, 0.25) is 0 Å². The number of rotatable bonds is 10. The van der Waals surface area contributed by atoms with E-state index in [1.165, 1.54) is 0 Å². The van der Waals surface area contributed by atoms with Gasteiger partial charge in [0, 0.05) is 6.42 Å². The summed E-state index contributed by atoms with van der Waals surface area (Å²) in [7, 11) is 0. The first-order valence-electron chi connectivity index (χ1n) is 6.10. The van der Waals surface area contributed by atoms with Crippen LogP contribution in [0, 0.1) is 0 Å². The van der Waals surface area contributed by atoms with E-state index < -0.39 is 55.2 Å². The number of hydrogen-bond acceptors (Lipinski definition) is 10. The third-order valence-corrected chi connectivity index (χ3v) is 3.01. The Morgan fingerprint density at radius 2 is 1.14 bits per heavy atom. The maximum absolute atomic E-state index is 10.3. The fourth-order valence-electron chi connectivity index (χ4n) is 1.57. The number of hydrogen-bond donors (Lipinski definition) is 8. The standard InChI is InChI=1S/C11H21NO9/c12-4(2-13)8(18)9(19)5(15)1-6(16)10(20)11(21)7(17)3-14/h2-11,15-21H,1,12H2/t4-,5-,6-,7+,8+,9+,10-,11+/m0/s1. The molecule has 0 aliphatic rings. The molecule has 0 rings (SSSR count). The lowest BCUT2D eigenvalue weighted by atomic mass is 9.94. The van der Waals surface area contributed by atoms with Gasteiger partial charge in [0.25, 0.3) is 0 Å². The van der Waals surface area contributed by atoms with Gasteiger partial charge in [-0.15, -0.1) is 0 Å². The zero-order chi connectivity index (χ0) is 16.7. The molecule has 8 atom stereocenters. The lowest BCUT2D eigenvalue weighted by Crippen LogP contribution is -2.51. The predicted molar refractivity (Wildman–Crippen MR) is 66.8 cm³/mol. The molecular weight excluding hydrogens is 290 g/mol. The first-order valence-corrected chi connectivity index (χ1v) is 6.10. The third kappa shape index (κ3) is 5.73. The zero-order valence-electron chi connectivity index (χ0n) is 11.0. The predicted octanol–water partition coefficient (Wildman–Crippen LogP) is -5.37. The Bertz CT molecular complexity index is 299. The van der Waals surface area contributed by atoms with Crippen LogP contribution >= 0.6 is 0 Å². The first-order chi connectivity index (χ1) is 9.67. The van der Waals surface area contributed by atoms with E-state index in [-0.39, 0.29) is 12.6 Å². The van der Waals surface area contributed by atoms with Crippen molar-refractivity contribution in [2.75, 3.05) is 0 Å². The van der Waals surface area contributed by atoms with Crippen LogP contribution in [0.5, 0.6) is 0 Å². The Labute approximate surface area is 120 Å². The van der Waals surface area contributed by atoms with E-state index in [9.17, 15) is 40.2 Å². The van der Waals surface area contributed by atoms with Gasteiger partial charge in [-0.2, -0.15) is 0 Å². The maximum atomic E-state index is 10.3. The molecule has 0 aliphatic heterocycles. The number of aliphatic hydroxyl groups is 7. The van der Waals surface area contributed by atoms with Crippen LogP contribution < -0.4 is 5.73 Å². The molecule has 0 aliphatic carbocycles. The minimum atomic E-state index is -2.00. The Hall–Kier alpha value is -0.980. The van der Waals surface area contributed by atoms with Gasteiger partial charge in [0.2, 0.25) is 0 Å². The molecule has 0 radical (unpaired) electrons. The van der Waals surface area contributed by atoms with Crippen molar-refractivity contribution in [2.45, 2.75) is 55.2 Å². The minimum absolute atomic E-state index is 0.0568. The van der Waals surface area contributed by atoms with Gasteiger partial charge in [-0.05, 0) is 0 Å². The van der Waals surface area contributed by atoms with Crippen LogP contribution in [-0.2, 0) is 9.59 Å². The third-order valence-electron chi connectivity index (χ3n) is 3.01. The molecule has 9 N–H and O–H groups in total. The molecule has 0 saturated carbocycles. The lowest BCUT2D eigenvalue weighted by molar-refractivity contribution is -0.140. The summed E-state index contributed by atoms with van der Waals surface area (Å²) >= 11 is 0. The molecule has 0 aromatic carbocycles. The van der Waals surface area contributed by atoms with Crippen molar-refractivity contribution in [3.63, 3.8) is 0 Å². The highest BCUT2D eigenvalue weighted by Gasteiger charge is 2.35. The van der Waals surface area contributed by atoms with E-state index >= 15 is 0 Å². The summed E-state index contributed by atoms with van der Waals surface area (Å²) in [6.45, 7) is 0. The summed E-state index contributed by atoms with van der Waals surface area (Å²) in [5.74, 6) is 0. The molecule has 0 heterocycles. The molecule has 0 spiro atoms. The van der Waals surface area contributed by atoms with E-state index in [4.69, 9.17) is 10.8 Å². The van der Waals surface area contributed by atoms with Crippen molar-refractivity contribution < 1.29 is 45.3 Å². The van der Waals surface area contributed by atoms with Crippen molar-refractivity contribution in [3.8, 4) is 0 Å². The van der Waals surface area contributed by atoms with Gasteiger partial charge < -0.3 is 51.1 Å². The number of aldehydes is 2. The average molecular weight is 311 g/mol. The van der Waals surface area contributed by atoms with Crippen molar-refractivity contribution >= 4 is 12.6 Å². The van der Waals surface area contributed by atoms with Gasteiger partial charge in [0.1, 0.15) is 36.8 Å². The van der Waals surface area contributed by atoms with Crippen molar-refractivity contribution in [1.82, 2.24) is 0 Å². The second-order valence-electron chi connectivity index (χ2n) is 4.67. The summed E-state index contributed by atoms with van der Waals surface area (Å²) < 4.78 is 0. The summed E-state index contributed by atoms with van der Waals surface area (Å²) in [4.78, 5) is 20.6. The smallest absolute Gasteiger partial charge is 0.151 e. The van der Waals surface area contributed by atoms with Gasteiger partial charge in [0.05, 0.1) is 18.2 Å². The lowest BCUT2D eigenvalue weighted by Gasteiger charge is -2.29. The topological polar surface area (TPSA) is 202 Å². The van der Waals surface area contributed by atoms with Gasteiger partial charge in [-0.25, -0.2) is 0 Å². The quantitative estimate of drug-likeness (QED) is 0.180. The fourth-order valence-corrected chi connectivity index (χ4v) is 1.57. The summed E-state index contributed by atoms with van der Waals surface area (Å²) in [5.41, 5.74) is 5.14. The van der Waals surface area contributed by atoms with Gasteiger partial charge in [-0.3, -0.25) is 0 Å². The first kappa shape index (κ1) is 20.0. The number of aliphatic hydroxyl groups excluding tert-OH is 7. The van der Waals surface area contributed by atoms with Gasteiger partial charge in [0.15, 0.2) is 6.29 Å². The molecule has 0 bridgehead atoms. The van der Waals surface area contributed by atoms with Crippen LogP contribution in [0.25, 0.3) is 0 Å². The van der Waals surface area contributed by atoms with Crippen LogP contribution in [0.15, 0.2) is 0 Å². The monoisotopic (exact) mass is 311 g/mol. The zero-order valence-corrected chi connectivity index (χ0v) is 11.0. The normalized spacial score (nSPS) is 23.2. The highest BCUT2D eigenvalue weighted by Crippen LogP contribution is 2.13. The summed E-state index contributed by atoms with van der Waals surface area (Å²) in [5, 5.41) is 65.7. The molecule has 21 heavy (non-hydrogen) atoms. The Kier molecular flexibility index (Phi) is 8.70. The van der Waals surface area contributed by atoms with Crippen molar-refractivity contribution in [1.29, 1.82) is 0 Å². The highest BCUT2D eigenvalue weighted by atomic mass is 16.4. The highest BCUT2D eigenvalue weighted by molar-refractivity contribution is 5.58. The van der Waals surface area contributed by atoms with E-state index in [0.29, 0.717) is 0 Å². The van der Waals surface area contributed by atoms with Crippen LogP contribution in [0.3, 0.4) is 0 Å². The largest absolute Gasteiger partial charge is 0.390 e. The Balaban J connectivity index is 4.58. The fraction of sp³-hybridized carbons (Fsp3) is 0.818. The Morgan fingerprint density at radius 3 is 1.52 bits per heavy atom. The van der Waals surface area contributed by atoms with Crippen LogP contribution in [-0.4, -0.2) is 97.1 Å².